The van der Waals surface area contributed by atoms with Crippen LogP contribution in [-0.2, 0) is 143 Å². The zero-order valence-corrected chi connectivity index (χ0v) is 80.9. The summed E-state index contributed by atoms with van der Waals surface area (Å²) in [6.45, 7) is 27.7. The van der Waals surface area contributed by atoms with Gasteiger partial charge in [0, 0.05) is 173 Å². The number of methoxy groups -OCH3 is 4. The zero-order chi connectivity index (χ0) is 104. The molecule has 0 aliphatic carbocycles. The van der Waals surface area contributed by atoms with Crippen LogP contribution in [0.15, 0.2) is 0 Å². The van der Waals surface area contributed by atoms with Crippen molar-refractivity contribution in [3.63, 3.8) is 0 Å². The van der Waals surface area contributed by atoms with Gasteiger partial charge in [-0.1, -0.05) is 27.7 Å². The van der Waals surface area contributed by atoms with Crippen molar-refractivity contribution in [3.8, 4) is 48.6 Å². The van der Waals surface area contributed by atoms with Gasteiger partial charge in [-0.25, -0.2) is 0 Å². The van der Waals surface area contributed by atoms with Gasteiger partial charge in [-0.3, -0.25) is 86.9 Å². The van der Waals surface area contributed by atoms with Crippen molar-refractivity contribution in [1.29, 1.82) is 42.1 Å². The normalized spacial score (nSPS) is 9.99. The fourth-order valence-electron chi connectivity index (χ4n) is 9.54. The number of hydrogen-bond donors (Lipinski definition) is 4. The van der Waals surface area contributed by atoms with Crippen molar-refractivity contribution in [3.05, 3.63) is 0 Å². The molecule has 0 bridgehead atoms. The first-order chi connectivity index (χ1) is 65.6. The maximum absolute atomic E-state index is 11.4. The van der Waals surface area contributed by atoms with Gasteiger partial charge in [0.2, 0.25) is 0 Å². The molecule has 776 valence electrons. The van der Waals surface area contributed by atoms with Crippen LogP contribution in [0, 0.1) is 90.6 Å². The Labute approximate surface area is 799 Å². The lowest BCUT2D eigenvalue weighted by atomic mass is 10.3. The molecule has 0 unspecified atom stereocenters. The summed E-state index contributed by atoms with van der Waals surface area (Å²) in [5.41, 5.74) is 0. The Kier molecular flexibility index (Phi) is 120. The molecule has 0 heterocycles. The van der Waals surface area contributed by atoms with Gasteiger partial charge in [-0.2, -0.15) is 42.1 Å². The molecule has 50 heteroatoms. The first kappa shape index (κ1) is 140. The third-order valence-electron chi connectivity index (χ3n) is 16.6. The van der Waals surface area contributed by atoms with Crippen LogP contribution in [0.4, 0.5) is 0 Å². The highest BCUT2D eigenvalue weighted by molar-refractivity contribution is 5.72. The molecule has 0 atom stereocenters. The third kappa shape index (κ3) is 117. The van der Waals surface area contributed by atoms with Crippen LogP contribution in [0.25, 0.3) is 0 Å². The number of rotatable bonds is 76. The summed E-state index contributed by atoms with van der Waals surface area (Å²) < 4.78 is 86.1. The highest BCUT2D eigenvalue weighted by Crippen LogP contribution is 2.03. The minimum Gasteiger partial charge on any atom is -0.467 e. The van der Waals surface area contributed by atoms with Gasteiger partial charge in [0.15, 0.2) is 39.6 Å². The molecule has 0 aliphatic rings. The van der Waals surface area contributed by atoms with Crippen LogP contribution in [0.5, 0.6) is 0 Å². The van der Waals surface area contributed by atoms with Gasteiger partial charge in [0.1, 0.15) is 89.6 Å². The van der Waals surface area contributed by atoms with Crippen LogP contribution in [0.3, 0.4) is 0 Å². The average Bonchev–Trinajstić information content (AvgIpc) is 0.960. The van der Waals surface area contributed by atoms with E-state index in [-0.39, 0.29) is 206 Å². The number of hydrogen-bond acceptors (Lipinski definition) is 50. The molecule has 0 spiro atoms. The summed E-state index contributed by atoms with van der Waals surface area (Å²) in [6, 6.07) is 14.2. The molecule has 0 fully saturated rings. The van der Waals surface area contributed by atoms with Crippen LogP contribution in [0.2, 0.25) is 0 Å². The Bertz CT molecular complexity index is 3260. The second kappa shape index (κ2) is 116. The number of aliphatic hydroxyl groups excluding tert-OH is 4. The smallest absolute Gasteiger partial charge is 0.308 e. The van der Waals surface area contributed by atoms with E-state index < -0.39 is 23.9 Å². The molecule has 0 saturated heterocycles. The molecular formula is C86H148N16O34. The van der Waals surface area contributed by atoms with Crippen molar-refractivity contribution in [2.24, 2.45) is 0 Å². The van der Waals surface area contributed by atoms with Gasteiger partial charge in [-0.15, -0.1) is 0 Å². The Morgan fingerprint density at radius 1 is 0.250 bits per heavy atom. The van der Waals surface area contributed by atoms with E-state index in [9.17, 15) is 57.5 Å². The predicted molar refractivity (Wildman–Crippen MR) is 478 cm³/mol. The van der Waals surface area contributed by atoms with Crippen molar-refractivity contribution < 1.29 is 163 Å². The van der Waals surface area contributed by atoms with Gasteiger partial charge in [0.05, 0.1) is 129 Å². The highest BCUT2D eigenvalue weighted by Gasteiger charge is 2.17. The van der Waals surface area contributed by atoms with E-state index in [1.165, 1.54) is 13.8 Å². The van der Waals surface area contributed by atoms with E-state index in [2.05, 4.69) is 61.7 Å². The van der Waals surface area contributed by atoms with Crippen LogP contribution < -0.4 is 0 Å². The number of ether oxygens (including phenoxy) is 18. The number of carbonyl (C=O) groups is 12. The maximum Gasteiger partial charge on any atom is 0.308 e. The highest BCUT2D eigenvalue weighted by atomic mass is 16.7. The van der Waals surface area contributed by atoms with Crippen molar-refractivity contribution in [1.82, 2.24) is 39.2 Å². The monoisotopic (exact) mass is 1950 g/mol. The summed E-state index contributed by atoms with van der Waals surface area (Å²) in [7, 11) is 6.38. The lowest BCUT2D eigenvalue weighted by Gasteiger charge is -2.21. The van der Waals surface area contributed by atoms with Gasteiger partial charge in [0.25, 0.3) is 12.9 Å². The van der Waals surface area contributed by atoms with Crippen molar-refractivity contribution in [2.75, 3.05) is 331 Å². The van der Waals surface area contributed by atoms with Gasteiger partial charge >= 0.3 is 59.7 Å². The van der Waals surface area contributed by atoms with Crippen LogP contribution >= 0.6 is 0 Å². The predicted octanol–water partition coefficient (Wildman–Crippen LogP) is -1.20. The number of esters is 10. The Hall–Kier alpha value is -11.2. The number of nitrogens with zero attached hydrogens (tertiary/aromatic N) is 16. The summed E-state index contributed by atoms with van der Waals surface area (Å²) in [5, 5.41) is 101. The molecule has 0 rings (SSSR count). The first-order valence-electron chi connectivity index (χ1n) is 43.6. The van der Waals surface area contributed by atoms with E-state index >= 15 is 0 Å². The second-order valence-electron chi connectivity index (χ2n) is 26.4. The number of carbonyl (C=O) groups excluding carboxylic acids is 12. The molecular weight excluding hydrogens is 1800 g/mol. The summed E-state index contributed by atoms with van der Waals surface area (Å²) in [4.78, 5) is 146. The van der Waals surface area contributed by atoms with E-state index in [1.54, 1.807) is 84.5 Å². The Morgan fingerprint density at radius 3 is 0.647 bits per heavy atom. The Balaban J connectivity index is -0.000000231. The van der Waals surface area contributed by atoms with Gasteiger partial charge in [-0.05, 0) is 26.2 Å². The molecule has 4 N–H and O–H groups in total. The molecule has 0 aromatic heterocycles. The van der Waals surface area contributed by atoms with Crippen molar-refractivity contribution >= 4 is 72.6 Å². The molecule has 0 aliphatic heterocycles. The minimum atomic E-state index is -0.487. The SMILES string of the molecule is CC(=O)OCCN(CCOC(C)=O)CCC(=O)OCC#N.CCN(CC)CCC(=O)OCC#N.CCN(CC)CCC(=O)OCCC#N.COCCN(CCOC)CCC(=O)OCC#N.COCOCCN(CCOCOC)CCC(=O)OCC#N.N#CCCOC(=O)CCN(CCO)CCO.N#CCOC(=O)CCN(CCO)CCO.N#CCOC(=O)CCN(CCOC=O)CCOC=O. The molecule has 0 aromatic rings. The van der Waals surface area contributed by atoms with Crippen molar-refractivity contribution in [2.45, 2.75) is 106 Å². The second-order valence-corrected chi connectivity index (χ2v) is 26.4. The van der Waals surface area contributed by atoms with E-state index in [4.69, 9.17) is 115 Å². The summed E-state index contributed by atoms with van der Waals surface area (Å²) in [5.74, 6) is -3.81. The average molecular weight is 1950 g/mol. The molecule has 0 saturated carbocycles. The molecule has 0 amide bonds. The molecule has 50 nitrogen and oxygen atoms in total. The number of nitriles is 8. The van der Waals surface area contributed by atoms with E-state index in [1.807, 2.05) is 30.9 Å². The lowest BCUT2D eigenvalue weighted by molar-refractivity contribution is -0.145. The third-order valence-corrected chi connectivity index (χ3v) is 16.6. The topological polar surface area (TPSA) is 668 Å². The fourth-order valence-corrected chi connectivity index (χ4v) is 9.54. The van der Waals surface area contributed by atoms with Crippen LogP contribution in [0.1, 0.15) is 106 Å². The van der Waals surface area contributed by atoms with Gasteiger partial charge < -0.3 is 115 Å². The lowest BCUT2D eigenvalue weighted by Crippen LogP contribution is -2.34. The summed E-state index contributed by atoms with van der Waals surface area (Å²) >= 11 is 0. The van der Waals surface area contributed by atoms with E-state index in [0.717, 1.165) is 45.8 Å². The Morgan fingerprint density at radius 2 is 0.456 bits per heavy atom. The minimum absolute atomic E-state index is 0.0104. The quantitative estimate of drug-likeness (QED) is 0.0183. The van der Waals surface area contributed by atoms with E-state index in [0.29, 0.717) is 163 Å². The standard InChI is InChI=1S/C13H24N2O6.C13H20N2O6.C11H16N2O6.C11H20N2O4.C10H18N2O4.C10H18N2O2.C9H16N2O4.C9H16N2O2/c1-17-11-19-9-6-15(7-10-20-12-18-2)5-3-13(16)21-8-4-14;1-11(16)19-9-6-15(7-10-20-12(2)17)5-3-13(18)21-8-4-14;12-2-6-19-11(16)1-3-13(4-7-17-9-14)5-8-18-10-15;1-15-9-6-13(7-10-16-2)5-3-11(14)17-8-4-12;11-3-1-9-16-10(15)2-4-12(5-7-13)6-8-14;1-3-12(4-2)8-6-10(13)14-9-5-7-11;10-2-8-15-9(14)1-3-11(4-6-12)5-7-13;1-3-11(4-2)7-5-9(12)13-8-6-10/h3,5-12H2,1-2H3;3,5-10H2,1-2H3;9-10H,1,3-8H2;3,5-10H2,1-2H3;13-14H,1-2,4-9H2;3-6,8-9H2,1-2H3;12-13H,1,3-8H2;3-5,7-8H2,1-2H3. The zero-order valence-electron chi connectivity index (χ0n) is 80.9. The van der Waals surface area contributed by atoms with Crippen LogP contribution in [-0.4, -0.2) is 463 Å². The molecule has 0 radical (unpaired) electrons. The largest absolute Gasteiger partial charge is 0.467 e. The number of aliphatic hydroxyl groups is 4. The first-order valence-corrected chi connectivity index (χ1v) is 43.6. The molecule has 0 aromatic carbocycles. The maximum atomic E-state index is 11.4. The summed E-state index contributed by atoms with van der Waals surface area (Å²) in [6.07, 6.45) is 2.29. The fraction of sp³-hybridized carbons (Fsp3) is 0.767. The molecule has 136 heavy (non-hydrogen) atoms.